The highest BCUT2D eigenvalue weighted by molar-refractivity contribution is 6.22. The minimum atomic E-state index is 0.124. The highest BCUT2D eigenvalue weighted by atomic mass is 35.5. The molecular formula is C15H19ClO2. The molecule has 1 aromatic rings. The summed E-state index contributed by atoms with van der Waals surface area (Å²) in [5, 5.41) is 0.124. The van der Waals surface area contributed by atoms with Gasteiger partial charge < -0.3 is 9.47 Å². The Morgan fingerprint density at radius 2 is 2.00 bits per heavy atom. The number of hydrogen-bond acceptors (Lipinski definition) is 2. The average Bonchev–Trinajstić information content (AvgIpc) is 2.62. The van der Waals surface area contributed by atoms with Crippen molar-refractivity contribution in [2.24, 2.45) is 0 Å². The van der Waals surface area contributed by atoms with Crippen LogP contribution in [0.1, 0.15) is 31.2 Å². The first-order valence-electron chi connectivity index (χ1n) is 6.31. The Morgan fingerprint density at radius 1 is 1.17 bits per heavy atom. The van der Waals surface area contributed by atoms with Crippen LogP contribution in [-0.4, -0.2) is 19.6 Å². The fourth-order valence-corrected chi connectivity index (χ4v) is 2.64. The summed E-state index contributed by atoms with van der Waals surface area (Å²) >= 11 is 6.29. The van der Waals surface area contributed by atoms with Crippen molar-refractivity contribution < 1.29 is 9.47 Å². The van der Waals surface area contributed by atoms with Crippen molar-refractivity contribution >= 4 is 17.2 Å². The third-order valence-corrected chi connectivity index (χ3v) is 3.65. The zero-order valence-corrected chi connectivity index (χ0v) is 11.7. The van der Waals surface area contributed by atoms with E-state index in [1.54, 1.807) is 14.2 Å². The van der Waals surface area contributed by atoms with Crippen LogP contribution < -0.4 is 9.47 Å². The van der Waals surface area contributed by atoms with Crippen LogP contribution in [0.5, 0.6) is 11.5 Å². The molecule has 0 saturated carbocycles. The first-order valence-corrected chi connectivity index (χ1v) is 6.75. The third kappa shape index (κ3) is 2.99. The lowest BCUT2D eigenvalue weighted by Gasteiger charge is -2.13. The van der Waals surface area contributed by atoms with Gasteiger partial charge in [-0.05, 0) is 43.0 Å². The van der Waals surface area contributed by atoms with E-state index in [-0.39, 0.29) is 5.38 Å². The molecule has 0 heterocycles. The largest absolute Gasteiger partial charge is 0.497 e. The van der Waals surface area contributed by atoms with E-state index < -0.39 is 0 Å². The van der Waals surface area contributed by atoms with Gasteiger partial charge in [-0.3, -0.25) is 0 Å². The predicted molar refractivity (Wildman–Crippen MR) is 75.6 cm³/mol. The molecule has 0 radical (unpaired) electrons. The minimum absolute atomic E-state index is 0.124. The normalized spacial score (nSPS) is 19.9. The summed E-state index contributed by atoms with van der Waals surface area (Å²) in [7, 11) is 3.37. The van der Waals surface area contributed by atoms with Crippen molar-refractivity contribution in [3.8, 4) is 11.5 Å². The molecule has 1 aromatic carbocycles. The molecule has 0 bridgehead atoms. The Labute approximate surface area is 114 Å². The van der Waals surface area contributed by atoms with E-state index in [0.717, 1.165) is 29.9 Å². The smallest absolute Gasteiger partial charge is 0.126 e. The van der Waals surface area contributed by atoms with Crippen LogP contribution in [0.3, 0.4) is 0 Å². The van der Waals surface area contributed by atoms with Gasteiger partial charge in [0, 0.05) is 5.56 Å². The van der Waals surface area contributed by atoms with Gasteiger partial charge in [0.2, 0.25) is 0 Å². The Hall–Kier alpha value is -1.15. The quantitative estimate of drug-likeness (QED) is 0.761. The standard InChI is InChI=1S/C15H19ClO2/c1-17-13-7-8-15(18-2)14(10-13)11-5-3-4-6-12(16)9-11/h7-10,12H,3-6H2,1-2H3. The highest BCUT2D eigenvalue weighted by Crippen LogP contribution is 2.35. The van der Waals surface area contributed by atoms with Gasteiger partial charge in [-0.25, -0.2) is 0 Å². The summed E-state index contributed by atoms with van der Waals surface area (Å²) in [4.78, 5) is 0. The van der Waals surface area contributed by atoms with Gasteiger partial charge in [0.15, 0.2) is 0 Å². The number of allylic oxidation sites excluding steroid dienone is 2. The maximum atomic E-state index is 6.29. The number of hydrogen-bond donors (Lipinski definition) is 0. The van der Waals surface area contributed by atoms with Crippen molar-refractivity contribution in [3.05, 3.63) is 29.8 Å². The first-order chi connectivity index (χ1) is 8.74. The lowest BCUT2D eigenvalue weighted by Crippen LogP contribution is -1.95. The van der Waals surface area contributed by atoms with E-state index >= 15 is 0 Å². The molecule has 0 saturated heterocycles. The predicted octanol–water partition coefficient (Wildman–Crippen LogP) is 4.27. The van der Waals surface area contributed by atoms with Crippen LogP contribution in [0.15, 0.2) is 24.3 Å². The summed E-state index contributed by atoms with van der Waals surface area (Å²) in [6.07, 6.45) is 6.62. The van der Waals surface area contributed by atoms with Crippen molar-refractivity contribution in [1.82, 2.24) is 0 Å². The minimum Gasteiger partial charge on any atom is -0.497 e. The van der Waals surface area contributed by atoms with Gasteiger partial charge in [0.05, 0.1) is 19.6 Å². The molecule has 0 N–H and O–H groups in total. The fourth-order valence-electron chi connectivity index (χ4n) is 2.33. The Morgan fingerprint density at radius 3 is 2.72 bits per heavy atom. The van der Waals surface area contributed by atoms with E-state index in [1.165, 1.54) is 18.4 Å². The van der Waals surface area contributed by atoms with Gasteiger partial charge in [0.1, 0.15) is 11.5 Å². The molecule has 1 atom stereocenters. The van der Waals surface area contributed by atoms with E-state index in [4.69, 9.17) is 21.1 Å². The van der Waals surface area contributed by atoms with Crippen molar-refractivity contribution in [2.45, 2.75) is 31.1 Å². The first kappa shape index (κ1) is 13.3. The highest BCUT2D eigenvalue weighted by Gasteiger charge is 2.15. The van der Waals surface area contributed by atoms with Crippen LogP contribution in [-0.2, 0) is 0 Å². The van der Waals surface area contributed by atoms with Gasteiger partial charge in [0.25, 0.3) is 0 Å². The van der Waals surface area contributed by atoms with Crippen LogP contribution >= 0.6 is 11.6 Å². The summed E-state index contributed by atoms with van der Waals surface area (Å²) < 4.78 is 10.7. The number of methoxy groups -OCH3 is 2. The summed E-state index contributed by atoms with van der Waals surface area (Å²) in [5.74, 6) is 1.73. The lowest BCUT2D eigenvalue weighted by atomic mass is 10.00. The molecule has 3 heteroatoms. The SMILES string of the molecule is COc1ccc(OC)c(C2=CC(Cl)CCCC2)c1. The molecule has 0 fully saturated rings. The Kier molecular flexibility index (Phi) is 4.54. The molecule has 0 aliphatic heterocycles. The molecule has 0 spiro atoms. The average molecular weight is 267 g/mol. The van der Waals surface area contributed by atoms with E-state index in [9.17, 15) is 0 Å². The summed E-state index contributed by atoms with van der Waals surface area (Å²) in [5.41, 5.74) is 2.37. The maximum Gasteiger partial charge on any atom is 0.126 e. The molecule has 1 unspecified atom stereocenters. The number of alkyl halides is 1. The monoisotopic (exact) mass is 266 g/mol. The molecule has 1 aliphatic rings. The summed E-state index contributed by atoms with van der Waals surface area (Å²) in [6.45, 7) is 0. The third-order valence-electron chi connectivity index (χ3n) is 3.31. The van der Waals surface area contributed by atoms with Crippen molar-refractivity contribution in [2.75, 3.05) is 14.2 Å². The molecular weight excluding hydrogens is 248 g/mol. The van der Waals surface area contributed by atoms with E-state index in [1.807, 2.05) is 18.2 Å². The second-order valence-corrected chi connectivity index (χ2v) is 5.08. The molecule has 2 rings (SSSR count). The second-order valence-electron chi connectivity index (χ2n) is 4.52. The number of ether oxygens (including phenoxy) is 2. The number of halogens is 1. The molecule has 1 aliphatic carbocycles. The number of benzene rings is 1. The summed E-state index contributed by atoms with van der Waals surface area (Å²) in [6, 6.07) is 5.89. The maximum absolute atomic E-state index is 6.29. The van der Waals surface area contributed by atoms with Crippen LogP contribution in [0, 0.1) is 0 Å². The zero-order valence-electron chi connectivity index (χ0n) is 10.9. The molecule has 0 amide bonds. The Balaban J connectivity index is 2.40. The fraction of sp³-hybridized carbons (Fsp3) is 0.467. The second kappa shape index (κ2) is 6.14. The van der Waals surface area contributed by atoms with Crippen molar-refractivity contribution in [3.63, 3.8) is 0 Å². The van der Waals surface area contributed by atoms with Gasteiger partial charge >= 0.3 is 0 Å². The lowest BCUT2D eigenvalue weighted by molar-refractivity contribution is 0.402. The molecule has 2 nitrogen and oxygen atoms in total. The van der Waals surface area contributed by atoms with Crippen LogP contribution in [0.2, 0.25) is 0 Å². The van der Waals surface area contributed by atoms with Crippen LogP contribution in [0.4, 0.5) is 0 Å². The molecule has 18 heavy (non-hydrogen) atoms. The Bertz CT molecular complexity index is 440. The topological polar surface area (TPSA) is 18.5 Å². The van der Waals surface area contributed by atoms with Crippen LogP contribution in [0.25, 0.3) is 5.57 Å². The van der Waals surface area contributed by atoms with Gasteiger partial charge in [-0.15, -0.1) is 11.6 Å². The molecule has 0 aromatic heterocycles. The van der Waals surface area contributed by atoms with E-state index in [0.29, 0.717) is 0 Å². The van der Waals surface area contributed by atoms with Gasteiger partial charge in [-0.1, -0.05) is 12.5 Å². The molecule has 98 valence electrons. The van der Waals surface area contributed by atoms with E-state index in [2.05, 4.69) is 6.08 Å². The van der Waals surface area contributed by atoms with Crippen molar-refractivity contribution in [1.29, 1.82) is 0 Å². The van der Waals surface area contributed by atoms with Gasteiger partial charge in [-0.2, -0.15) is 0 Å². The zero-order chi connectivity index (χ0) is 13.0. The number of rotatable bonds is 3.